The summed E-state index contributed by atoms with van der Waals surface area (Å²) >= 11 is 5.99. The molecule has 1 aromatic carbocycles. The Hall–Kier alpha value is -1.75. The molecule has 0 N–H and O–H groups in total. The summed E-state index contributed by atoms with van der Waals surface area (Å²) in [5.41, 5.74) is -0.000448. The van der Waals surface area contributed by atoms with E-state index in [4.69, 9.17) is 25.8 Å². The van der Waals surface area contributed by atoms with Crippen LogP contribution in [0.2, 0.25) is 5.02 Å². The van der Waals surface area contributed by atoms with Crippen molar-refractivity contribution in [2.45, 2.75) is 13.3 Å². The van der Waals surface area contributed by atoms with E-state index in [0.29, 0.717) is 25.4 Å². The number of hydrogen-bond acceptors (Lipinski definition) is 5. The van der Waals surface area contributed by atoms with Gasteiger partial charge in [-0.15, -0.1) is 0 Å². The molecule has 0 saturated carbocycles. The van der Waals surface area contributed by atoms with E-state index in [1.54, 1.807) is 13.0 Å². The lowest BCUT2D eigenvalue weighted by atomic mass is 10.1. The van der Waals surface area contributed by atoms with Crippen LogP contribution in [-0.2, 0) is 9.53 Å². The van der Waals surface area contributed by atoms with Crippen molar-refractivity contribution in [2.24, 2.45) is 0 Å². The molecule has 0 atom stereocenters. The molecule has 6 heteroatoms. The Morgan fingerprint density at radius 2 is 2.05 bits per heavy atom. The SMILES string of the molecule is CCOC(=O)C(=O)c1c(Cl)ccc2c1OCCCO2. The second-order valence-electron chi connectivity index (χ2n) is 3.85. The van der Waals surface area contributed by atoms with Crippen molar-refractivity contribution in [3.05, 3.63) is 22.7 Å². The molecule has 0 aromatic heterocycles. The molecular formula is C13H13ClO5. The Balaban J connectivity index is 2.44. The lowest BCUT2D eigenvalue weighted by Gasteiger charge is -2.12. The van der Waals surface area contributed by atoms with Crippen molar-refractivity contribution in [3.63, 3.8) is 0 Å². The van der Waals surface area contributed by atoms with Crippen molar-refractivity contribution >= 4 is 23.4 Å². The van der Waals surface area contributed by atoms with E-state index in [1.165, 1.54) is 6.07 Å². The molecule has 102 valence electrons. The van der Waals surface area contributed by atoms with Crippen LogP contribution in [0.4, 0.5) is 0 Å². The van der Waals surface area contributed by atoms with E-state index in [2.05, 4.69) is 0 Å². The molecule has 0 saturated heterocycles. The van der Waals surface area contributed by atoms with Crippen molar-refractivity contribution in [1.29, 1.82) is 0 Å². The van der Waals surface area contributed by atoms with Gasteiger partial charge in [0.2, 0.25) is 0 Å². The van der Waals surface area contributed by atoms with E-state index in [0.717, 1.165) is 0 Å². The number of carbonyl (C=O) groups excluding carboxylic acids is 2. The van der Waals surface area contributed by atoms with Gasteiger partial charge >= 0.3 is 5.97 Å². The summed E-state index contributed by atoms with van der Waals surface area (Å²) in [6, 6.07) is 3.12. The maximum Gasteiger partial charge on any atom is 0.379 e. The van der Waals surface area contributed by atoms with Gasteiger partial charge in [0, 0.05) is 6.42 Å². The fourth-order valence-corrected chi connectivity index (χ4v) is 1.96. The smallest absolute Gasteiger partial charge is 0.379 e. The van der Waals surface area contributed by atoms with Crippen LogP contribution in [0, 0.1) is 0 Å². The second kappa shape index (κ2) is 5.93. The minimum atomic E-state index is -0.953. The average molecular weight is 285 g/mol. The van der Waals surface area contributed by atoms with Crippen LogP contribution >= 0.6 is 11.6 Å². The van der Waals surface area contributed by atoms with Gasteiger partial charge in [0.25, 0.3) is 5.78 Å². The Morgan fingerprint density at radius 1 is 1.32 bits per heavy atom. The molecule has 19 heavy (non-hydrogen) atoms. The molecule has 1 aliphatic heterocycles. The Morgan fingerprint density at radius 3 is 2.79 bits per heavy atom. The number of rotatable bonds is 3. The summed E-state index contributed by atoms with van der Waals surface area (Å²) in [7, 11) is 0. The van der Waals surface area contributed by atoms with Crippen LogP contribution in [-0.4, -0.2) is 31.6 Å². The largest absolute Gasteiger partial charge is 0.490 e. The highest BCUT2D eigenvalue weighted by molar-refractivity contribution is 6.46. The zero-order valence-electron chi connectivity index (χ0n) is 10.4. The summed E-state index contributed by atoms with van der Waals surface area (Å²) in [6.07, 6.45) is 0.694. The normalized spacial score (nSPS) is 13.6. The molecule has 2 rings (SSSR count). The molecule has 1 heterocycles. The lowest BCUT2D eigenvalue weighted by Crippen LogP contribution is -2.19. The second-order valence-corrected chi connectivity index (χ2v) is 4.26. The lowest BCUT2D eigenvalue weighted by molar-refractivity contribution is -0.137. The van der Waals surface area contributed by atoms with Crippen molar-refractivity contribution in [1.82, 2.24) is 0 Å². The molecule has 0 radical (unpaired) electrons. The first-order valence-corrected chi connectivity index (χ1v) is 6.32. The highest BCUT2D eigenvalue weighted by Crippen LogP contribution is 2.38. The number of Topliss-reactive ketones (excluding diaryl/α,β-unsaturated/α-hetero) is 1. The zero-order chi connectivity index (χ0) is 13.8. The molecule has 0 unspecified atom stereocenters. The van der Waals surface area contributed by atoms with Gasteiger partial charge in [0.1, 0.15) is 0 Å². The Labute approximate surface area is 115 Å². The minimum absolute atomic E-state index is 0.000448. The van der Waals surface area contributed by atoms with Crippen LogP contribution in [0.5, 0.6) is 11.5 Å². The van der Waals surface area contributed by atoms with Crippen LogP contribution in [0.3, 0.4) is 0 Å². The Bertz CT molecular complexity index is 512. The third-order valence-corrected chi connectivity index (χ3v) is 2.87. The molecule has 0 fully saturated rings. The fourth-order valence-electron chi connectivity index (χ4n) is 1.72. The van der Waals surface area contributed by atoms with Gasteiger partial charge < -0.3 is 14.2 Å². The van der Waals surface area contributed by atoms with Crippen molar-refractivity contribution in [2.75, 3.05) is 19.8 Å². The molecule has 0 bridgehead atoms. The van der Waals surface area contributed by atoms with Gasteiger partial charge in [-0.25, -0.2) is 4.79 Å². The number of halogens is 1. The third-order valence-electron chi connectivity index (χ3n) is 2.55. The van der Waals surface area contributed by atoms with E-state index < -0.39 is 11.8 Å². The molecule has 5 nitrogen and oxygen atoms in total. The van der Waals surface area contributed by atoms with E-state index >= 15 is 0 Å². The van der Waals surface area contributed by atoms with Crippen molar-refractivity contribution < 1.29 is 23.8 Å². The number of ketones is 1. The predicted molar refractivity (Wildman–Crippen MR) is 68.0 cm³/mol. The highest BCUT2D eigenvalue weighted by Gasteiger charge is 2.28. The number of hydrogen-bond donors (Lipinski definition) is 0. The van der Waals surface area contributed by atoms with Gasteiger partial charge in [-0.1, -0.05) is 11.6 Å². The van der Waals surface area contributed by atoms with Crippen LogP contribution in [0.1, 0.15) is 23.7 Å². The van der Waals surface area contributed by atoms with Crippen LogP contribution in [0.25, 0.3) is 0 Å². The number of carbonyl (C=O) groups is 2. The number of ether oxygens (including phenoxy) is 3. The van der Waals surface area contributed by atoms with Gasteiger partial charge in [-0.05, 0) is 19.1 Å². The zero-order valence-corrected chi connectivity index (χ0v) is 11.2. The van der Waals surface area contributed by atoms with E-state index in [-0.39, 0.29) is 22.9 Å². The summed E-state index contributed by atoms with van der Waals surface area (Å²) in [4.78, 5) is 23.6. The molecule has 0 spiro atoms. The summed E-state index contributed by atoms with van der Waals surface area (Å²) in [5, 5.41) is 0.141. The average Bonchev–Trinajstić information content (AvgIpc) is 2.63. The van der Waals surface area contributed by atoms with Crippen LogP contribution in [0.15, 0.2) is 12.1 Å². The number of fused-ring (bicyclic) bond motifs is 1. The van der Waals surface area contributed by atoms with Gasteiger partial charge in [-0.3, -0.25) is 4.79 Å². The minimum Gasteiger partial charge on any atom is -0.490 e. The quantitative estimate of drug-likeness (QED) is 0.484. The standard InChI is InChI=1S/C13H13ClO5/c1-2-17-13(16)11(15)10-8(14)4-5-9-12(10)19-7-3-6-18-9/h4-5H,2-3,6-7H2,1H3. The number of benzene rings is 1. The fraction of sp³-hybridized carbons (Fsp3) is 0.385. The Kier molecular flexibility index (Phi) is 4.27. The molecule has 1 aromatic rings. The first kappa shape index (κ1) is 13.7. The van der Waals surface area contributed by atoms with Gasteiger partial charge in [-0.2, -0.15) is 0 Å². The predicted octanol–water partition coefficient (Wildman–Crippen LogP) is 2.25. The molecule has 0 amide bonds. The monoisotopic (exact) mass is 284 g/mol. The van der Waals surface area contributed by atoms with E-state index in [9.17, 15) is 9.59 Å². The first-order valence-electron chi connectivity index (χ1n) is 5.94. The first-order chi connectivity index (χ1) is 9.15. The van der Waals surface area contributed by atoms with E-state index in [1.807, 2.05) is 0 Å². The third kappa shape index (κ3) is 2.81. The summed E-state index contributed by atoms with van der Waals surface area (Å²) in [6.45, 7) is 2.63. The molecular weight excluding hydrogens is 272 g/mol. The van der Waals surface area contributed by atoms with Crippen molar-refractivity contribution in [3.8, 4) is 11.5 Å². The summed E-state index contributed by atoms with van der Waals surface area (Å²) < 4.78 is 15.6. The maximum atomic E-state index is 12.0. The van der Waals surface area contributed by atoms with Crippen LogP contribution < -0.4 is 9.47 Å². The number of esters is 1. The molecule has 1 aliphatic rings. The van der Waals surface area contributed by atoms with Gasteiger partial charge in [0.05, 0.1) is 30.4 Å². The topological polar surface area (TPSA) is 61.8 Å². The maximum absolute atomic E-state index is 12.0. The van der Waals surface area contributed by atoms with Gasteiger partial charge in [0.15, 0.2) is 11.5 Å². The summed E-state index contributed by atoms with van der Waals surface area (Å²) in [5.74, 6) is -1.16. The highest BCUT2D eigenvalue weighted by atomic mass is 35.5. The molecule has 0 aliphatic carbocycles.